The fourth-order valence-corrected chi connectivity index (χ4v) is 2.98. The summed E-state index contributed by atoms with van der Waals surface area (Å²) in [4.78, 5) is 17.7. The number of aromatic nitrogens is 4. The molecule has 0 saturated carbocycles. The van der Waals surface area contributed by atoms with Gasteiger partial charge in [-0.25, -0.2) is 19.9 Å². The summed E-state index contributed by atoms with van der Waals surface area (Å²) in [6, 6.07) is 1.89. The van der Waals surface area contributed by atoms with Crippen LogP contribution in [0.25, 0.3) is 0 Å². The van der Waals surface area contributed by atoms with Crippen molar-refractivity contribution in [2.24, 2.45) is 0 Å². The van der Waals surface area contributed by atoms with Crippen molar-refractivity contribution < 1.29 is 0 Å². The SMILES string of the molecule is CCc1nc(Br)cc(Sc2nc(C)c(C)c(C)n2)n1. The van der Waals surface area contributed by atoms with Gasteiger partial charge in [-0.3, -0.25) is 0 Å². The van der Waals surface area contributed by atoms with Gasteiger partial charge in [-0.1, -0.05) is 6.92 Å². The van der Waals surface area contributed by atoms with Crippen molar-refractivity contribution in [2.75, 3.05) is 0 Å². The average molecular weight is 339 g/mol. The van der Waals surface area contributed by atoms with Crippen LogP contribution in [-0.4, -0.2) is 19.9 Å². The topological polar surface area (TPSA) is 51.6 Å². The fraction of sp³-hybridized carbons (Fsp3) is 0.385. The summed E-state index contributed by atoms with van der Waals surface area (Å²) in [7, 11) is 0. The number of halogens is 1. The monoisotopic (exact) mass is 338 g/mol. The molecule has 2 aromatic rings. The molecular weight excluding hydrogens is 324 g/mol. The van der Waals surface area contributed by atoms with Crippen LogP contribution < -0.4 is 0 Å². The third-order valence-corrected chi connectivity index (χ3v) is 4.03. The standard InChI is InChI=1S/C13H15BrN4S/c1-5-11-17-10(14)6-12(18-11)19-13-15-8(3)7(2)9(4)16-13/h6H,5H2,1-4H3. The quantitative estimate of drug-likeness (QED) is 0.631. The molecule has 19 heavy (non-hydrogen) atoms. The van der Waals surface area contributed by atoms with Gasteiger partial charge in [-0.05, 0) is 54.0 Å². The second-order valence-corrected chi connectivity index (χ2v) is 6.00. The van der Waals surface area contributed by atoms with E-state index in [1.165, 1.54) is 11.8 Å². The Hall–Kier alpha value is -1.01. The molecule has 6 heteroatoms. The van der Waals surface area contributed by atoms with Gasteiger partial charge < -0.3 is 0 Å². The van der Waals surface area contributed by atoms with E-state index in [0.717, 1.165) is 44.0 Å². The predicted octanol–water partition coefficient (Wildman–Crippen LogP) is 3.67. The Balaban J connectivity index is 2.33. The number of hydrogen-bond donors (Lipinski definition) is 0. The van der Waals surface area contributed by atoms with Crippen molar-refractivity contribution in [1.29, 1.82) is 0 Å². The van der Waals surface area contributed by atoms with Crippen molar-refractivity contribution in [3.05, 3.63) is 33.4 Å². The largest absolute Gasteiger partial charge is 0.227 e. The van der Waals surface area contributed by atoms with Crippen LogP contribution in [0.3, 0.4) is 0 Å². The summed E-state index contributed by atoms with van der Waals surface area (Å²) in [6.45, 7) is 8.07. The maximum atomic E-state index is 4.49. The van der Waals surface area contributed by atoms with E-state index in [2.05, 4.69) is 35.9 Å². The van der Waals surface area contributed by atoms with Gasteiger partial charge in [-0.15, -0.1) is 0 Å². The zero-order chi connectivity index (χ0) is 14.0. The van der Waals surface area contributed by atoms with Crippen LogP contribution in [0, 0.1) is 20.8 Å². The van der Waals surface area contributed by atoms with E-state index in [1.807, 2.05) is 33.8 Å². The fourth-order valence-electron chi connectivity index (χ4n) is 1.53. The number of rotatable bonds is 3. The Kier molecular flexibility index (Phi) is 4.52. The Morgan fingerprint density at radius 2 is 1.68 bits per heavy atom. The highest BCUT2D eigenvalue weighted by molar-refractivity contribution is 9.10. The van der Waals surface area contributed by atoms with E-state index in [4.69, 9.17) is 0 Å². The summed E-state index contributed by atoms with van der Waals surface area (Å²) >= 11 is 4.87. The molecule has 2 aromatic heterocycles. The van der Waals surface area contributed by atoms with Gasteiger partial charge in [0.25, 0.3) is 0 Å². The molecule has 0 aromatic carbocycles. The molecule has 0 amide bonds. The molecule has 0 fully saturated rings. The summed E-state index contributed by atoms with van der Waals surface area (Å²) in [5.74, 6) is 0.817. The predicted molar refractivity (Wildman–Crippen MR) is 79.5 cm³/mol. The van der Waals surface area contributed by atoms with E-state index < -0.39 is 0 Å². The Labute approximate surface area is 125 Å². The highest BCUT2D eigenvalue weighted by Crippen LogP contribution is 2.26. The first-order chi connectivity index (χ1) is 8.99. The van der Waals surface area contributed by atoms with Crippen molar-refractivity contribution in [1.82, 2.24) is 19.9 Å². The van der Waals surface area contributed by atoms with Crippen molar-refractivity contribution in [3.8, 4) is 0 Å². The molecule has 0 saturated heterocycles. The first-order valence-corrected chi connectivity index (χ1v) is 7.63. The molecular formula is C13H15BrN4S. The molecule has 0 bridgehead atoms. The van der Waals surface area contributed by atoms with E-state index >= 15 is 0 Å². The molecule has 0 aliphatic heterocycles. The first-order valence-electron chi connectivity index (χ1n) is 6.02. The van der Waals surface area contributed by atoms with Crippen molar-refractivity contribution in [2.45, 2.75) is 44.3 Å². The molecule has 2 heterocycles. The van der Waals surface area contributed by atoms with Gasteiger partial charge in [0.1, 0.15) is 15.5 Å². The minimum absolute atomic E-state index is 0.730. The maximum Gasteiger partial charge on any atom is 0.194 e. The summed E-state index contributed by atoms with van der Waals surface area (Å²) in [5.41, 5.74) is 3.17. The van der Waals surface area contributed by atoms with Gasteiger partial charge in [0.2, 0.25) is 0 Å². The molecule has 0 spiro atoms. The van der Waals surface area contributed by atoms with Crippen LogP contribution in [0.5, 0.6) is 0 Å². The van der Waals surface area contributed by atoms with Crippen LogP contribution in [0.4, 0.5) is 0 Å². The molecule has 0 unspecified atom stereocenters. The lowest BCUT2D eigenvalue weighted by Crippen LogP contribution is -1.99. The van der Waals surface area contributed by atoms with Gasteiger partial charge >= 0.3 is 0 Å². The molecule has 0 N–H and O–H groups in total. The number of hydrogen-bond acceptors (Lipinski definition) is 5. The Bertz CT molecular complexity index is 593. The van der Waals surface area contributed by atoms with Crippen LogP contribution >= 0.6 is 27.7 Å². The lowest BCUT2D eigenvalue weighted by Gasteiger charge is -2.07. The molecule has 0 radical (unpaired) electrons. The van der Waals surface area contributed by atoms with E-state index in [-0.39, 0.29) is 0 Å². The van der Waals surface area contributed by atoms with Crippen LogP contribution in [0.2, 0.25) is 0 Å². The third kappa shape index (κ3) is 3.51. The van der Waals surface area contributed by atoms with Gasteiger partial charge in [-0.2, -0.15) is 0 Å². The Morgan fingerprint density at radius 1 is 1.05 bits per heavy atom. The van der Waals surface area contributed by atoms with E-state index in [9.17, 15) is 0 Å². The molecule has 100 valence electrons. The second kappa shape index (κ2) is 5.96. The molecule has 4 nitrogen and oxygen atoms in total. The van der Waals surface area contributed by atoms with Crippen LogP contribution in [0.15, 0.2) is 20.9 Å². The lowest BCUT2D eigenvalue weighted by atomic mass is 10.2. The highest BCUT2D eigenvalue weighted by Gasteiger charge is 2.09. The lowest BCUT2D eigenvalue weighted by molar-refractivity contribution is 0.858. The minimum atomic E-state index is 0.730. The van der Waals surface area contributed by atoms with Gasteiger partial charge in [0.05, 0.1) is 0 Å². The normalized spacial score (nSPS) is 10.8. The molecule has 0 aliphatic rings. The summed E-state index contributed by atoms with van der Waals surface area (Å²) in [6.07, 6.45) is 0.805. The molecule has 0 aliphatic carbocycles. The number of aryl methyl sites for hydroxylation is 3. The zero-order valence-electron chi connectivity index (χ0n) is 11.4. The third-order valence-electron chi connectivity index (χ3n) is 2.84. The maximum absolute atomic E-state index is 4.49. The van der Waals surface area contributed by atoms with Gasteiger partial charge in [0.15, 0.2) is 5.16 Å². The van der Waals surface area contributed by atoms with E-state index in [1.54, 1.807) is 0 Å². The minimum Gasteiger partial charge on any atom is -0.227 e. The second-order valence-electron chi connectivity index (χ2n) is 4.20. The van der Waals surface area contributed by atoms with Crippen LogP contribution in [0.1, 0.15) is 29.7 Å². The van der Waals surface area contributed by atoms with Crippen LogP contribution in [-0.2, 0) is 6.42 Å². The smallest absolute Gasteiger partial charge is 0.194 e. The molecule has 0 atom stereocenters. The van der Waals surface area contributed by atoms with Gasteiger partial charge in [0, 0.05) is 23.9 Å². The van der Waals surface area contributed by atoms with Crippen molar-refractivity contribution >= 4 is 27.7 Å². The zero-order valence-corrected chi connectivity index (χ0v) is 13.8. The van der Waals surface area contributed by atoms with E-state index in [0.29, 0.717) is 0 Å². The first kappa shape index (κ1) is 14.4. The van der Waals surface area contributed by atoms with Crippen molar-refractivity contribution in [3.63, 3.8) is 0 Å². The number of nitrogens with zero attached hydrogens (tertiary/aromatic N) is 4. The summed E-state index contributed by atoms with van der Waals surface area (Å²) < 4.78 is 0.794. The highest BCUT2D eigenvalue weighted by atomic mass is 79.9. The Morgan fingerprint density at radius 3 is 2.26 bits per heavy atom. The summed E-state index contributed by atoms with van der Waals surface area (Å²) in [5, 5.41) is 1.59. The molecule has 2 rings (SSSR count). The average Bonchev–Trinajstić information content (AvgIpc) is 2.35.